The van der Waals surface area contributed by atoms with E-state index >= 15 is 0 Å². The molecular weight excluding hydrogens is 269 g/mol. The summed E-state index contributed by atoms with van der Waals surface area (Å²) in [5, 5.41) is 2.80. The van der Waals surface area contributed by atoms with Crippen molar-refractivity contribution >= 4 is 28.7 Å². The first-order chi connectivity index (χ1) is 8.90. The summed E-state index contributed by atoms with van der Waals surface area (Å²) in [5.74, 6) is 0.811. The Morgan fingerprint density at radius 2 is 2.00 bits per heavy atom. The molecule has 2 rings (SSSR count). The molecular formula is C13H15ClFN3O. The maximum absolute atomic E-state index is 14.0. The minimum absolute atomic E-state index is 0.115. The lowest BCUT2D eigenvalue weighted by Gasteiger charge is -2.17. The number of nitrogen functional groups attached to an aromatic ring is 2. The van der Waals surface area contributed by atoms with Crippen LogP contribution in [0.4, 0.5) is 21.5 Å². The van der Waals surface area contributed by atoms with Gasteiger partial charge < -0.3 is 21.2 Å². The van der Waals surface area contributed by atoms with Gasteiger partial charge in [-0.1, -0.05) is 11.6 Å². The third kappa shape index (κ3) is 2.61. The van der Waals surface area contributed by atoms with Crippen LogP contribution in [0.3, 0.4) is 0 Å². The zero-order valence-electron chi connectivity index (χ0n) is 10.6. The number of hydrogen-bond donors (Lipinski definition) is 3. The molecule has 0 saturated carbocycles. The SMILES string of the molecule is Cc1ccc(C(C)Nc2c(N)cc(N)c(Cl)c2F)o1. The summed E-state index contributed by atoms with van der Waals surface area (Å²) >= 11 is 5.77. The first kappa shape index (κ1) is 13.5. The van der Waals surface area contributed by atoms with E-state index in [0.717, 1.165) is 5.76 Å². The lowest BCUT2D eigenvalue weighted by atomic mass is 10.2. The van der Waals surface area contributed by atoms with Crippen molar-refractivity contribution in [3.63, 3.8) is 0 Å². The van der Waals surface area contributed by atoms with Crippen molar-refractivity contribution in [2.75, 3.05) is 16.8 Å². The van der Waals surface area contributed by atoms with Crippen LogP contribution in [0.1, 0.15) is 24.5 Å². The molecule has 2 aromatic rings. The van der Waals surface area contributed by atoms with Gasteiger partial charge in [-0.15, -0.1) is 0 Å². The van der Waals surface area contributed by atoms with Crippen LogP contribution in [0.25, 0.3) is 0 Å². The Balaban J connectivity index is 2.31. The third-order valence-corrected chi connectivity index (χ3v) is 3.20. The fourth-order valence-corrected chi connectivity index (χ4v) is 1.94. The maximum atomic E-state index is 14.0. The van der Waals surface area contributed by atoms with Crippen molar-refractivity contribution in [1.29, 1.82) is 0 Å². The van der Waals surface area contributed by atoms with Gasteiger partial charge in [-0.25, -0.2) is 4.39 Å². The van der Waals surface area contributed by atoms with Gasteiger partial charge in [-0.3, -0.25) is 0 Å². The van der Waals surface area contributed by atoms with E-state index in [2.05, 4.69) is 5.32 Å². The third-order valence-electron chi connectivity index (χ3n) is 2.81. The van der Waals surface area contributed by atoms with Gasteiger partial charge in [0.2, 0.25) is 0 Å². The highest BCUT2D eigenvalue weighted by Crippen LogP contribution is 2.35. The minimum Gasteiger partial charge on any atom is -0.464 e. The number of aryl methyl sites for hydroxylation is 1. The predicted molar refractivity (Wildman–Crippen MR) is 75.7 cm³/mol. The van der Waals surface area contributed by atoms with Crippen LogP contribution in [0, 0.1) is 12.7 Å². The number of benzene rings is 1. The highest BCUT2D eigenvalue weighted by atomic mass is 35.5. The maximum Gasteiger partial charge on any atom is 0.169 e. The molecule has 0 radical (unpaired) electrons. The molecule has 4 nitrogen and oxygen atoms in total. The Morgan fingerprint density at radius 1 is 1.32 bits per heavy atom. The molecule has 102 valence electrons. The van der Waals surface area contributed by atoms with Gasteiger partial charge in [0.15, 0.2) is 5.82 Å². The molecule has 1 aromatic heterocycles. The number of nitrogens with one attached hydrogen (secondary N) is 1. The monoisotopic (exact) mass is 283 g/mol. The summed E-state index contributed by atoms with van der Waals surface area (Å²) in [7, 11) is 0. The van der Waals surface area contributed by atoms with Crippen molar-refractivity contribution < 1.29 is 8.81 Å². The number of halogens is 2. The molecule has 0 aliphatic heterocycles. The zero-order valence-corrected chi connectivity index (χ0v) is 11.4. The number of anilines is 3. The molecule has 0 amide bonds. The molecule has 0 aliphatic rings. The first-order valence-electron chi connectivity index (χ1n) is 5.76. The molecule has 1 unspecified atom stereocenters. The van der Waals surface area contributed by atoms with Gasteiger partial charge in [-0.05, 0) is 32.0 Å². The summed E-state index contributed by atoms with van der Waals surface area (Å²) in [5.41, 5.74) is 11.7. The van der Waals surface area contributed by atoms with E-state index in [1.165, 1.54) is 6.07 Å². The summed E-state index contributed by atoms with van der Waals surface area (Å²) in [6.07, 6.45) is 0. The molecule has 1 aromatic carbocycles. The van der Waals surface area contributed by atoms with Gasteiger partial charge in [0.05, 0.1) is 23.1 Å². The Kier molecular flexibility index (Phi) is 3.57. The Hall–Kier alpha value is -1.88. The summed E-state index contributed by atoms with van der Waals surface area (Å²) in [6.45, 7) is 3.67. The average Bonchev–Trinajstić information content (AvgIpc) is 2.78. The molecule has 1 heterocycles. The van der Waals surface area contributed by atoms with Gasteiger partial charge in [0.1, 0.15) is 16.5 Å². The molecule has 0 spiro atoms. The van der Waals surface area contributed by atoms with Crippen LogP contribution in [-0.4, -0.2) is 0 Å². The van der Waals surface area contributed by atoms with E-state index in [4.69, 9.17) is 27.5 Å². The number of furan rings is 1. The second-order valence-corrected chi connectivity index (χ2v) is 4.75. The van der Waals surface area contributed by atoms with Gasteiger partial charge in [0.25, 0.3) is 0 Å². The van der Waals surface area contributed by atoms with E-state index < -0.39 is 5.82 Å². The molecule has 0 fully saturated rings. The summed E-state index contributed by atoms with van der Waals surface area (Å²) in [6, 6.07) is 4.84. The van der Waals surface area contributed by atoms with Gasteiger partial charge in [-0.2, -0.15) is 0 Å². The van der Waals surface area contributed by atoms with E-state index in [0.29, 0.717) is 5.76 Å². The predicted octanol–water partition coefficient (Wildman–Crippen LogP) is 3.72. The second kappa shape index (κ2) is 5.01. The Labute approximate surface area is 115 Å². The lowest BCUT2D eigenvalue weighted by molar-refractivity contribution is 0.466. The Morgan fingerprint density at radius 3 is 2.58 bits per heavy atom. The van der Waals surface area contributed by atoms with Crippen LogP contribution in [0.15, 0.2) is 22.6 Å². The first-order valence-corrected chi connectivity index (χ1v) is 6.13. The highest BCUT2D eigenvalue weighted by Gasteiger charge is 2.18. The van der Waals surface area contributed by atoms with Crippen LogP contribution in [0.5, 0.6) is 0 Å². The number of nitrogens with two attached hydrogens (primary N) is 2. The normalized spacial score (nSPS) is 12.4. The van der Waals surface area contributed by atoms with Crippen molar-refractivity contribution in [3.05, 3.63) is 40.6 Å². The van der Waals surface area contributed by atoms with Crippen LogP contribution < -0.4 is 16.8 Å². The highest BCUT2D eigenvalue weighted by molar-refractivity contribution is 6.33. The van der Waals surface area contributed by atoms with Crippen molar-refractivity contribution in [1.82, 2.24) is 0 Å². The zero-order chi connectivity index (χ0) is 14.2. The molecule has 19 heavy (non-hydrogen) atoms. The quantitative estimate of drug-likeness (QED) is 0.750. The van der Waals surface area contributed by atoms with Crippen molar-refractivity contribution in [2.45, 2.75) is 19.9 Å². The largest absolute Gasteiger partial charge is 0.464 e. The summed E-state index contributed by atoms with van der Waals surface area (Å²) < 4.78 is 19.5. The van der Waals surface area contributed by atoms with Gasteiger partial charge >= 0.3 is 0 Å². The molecule has 6 heteroatoms. The van der Waals surface area contributed by atoms with Crippen molar-refractivity contribution in [3.8, 4) is 0 Å². The summed E-state index contributed by atoms with van der Waals surface area (Å²) in [4.78, 5) is 0. The van der Waals surface area contributed by atoms with E-state index in [1.807, 2.05) is 26.0 Å². The topological polar surface area (TPSA) is 77.2 Å². The standard InChI is InChI=1S/C13H15ClFN3O/c1-6-3-4-10(19-6)7(2)18-13-9(17)5-8(16)11(14)12(13)15/h3-5,7,18H,16-17H2,1-2H3. The minimum atomic E-state index is -0.658. The number of hydrogen-bond acceptors (Lipinski definition) is 4. The van der Waals surface area contributed by atoms with E-state index in [-0.39, 0.29) is 28.1 Å². The van der Waals surface area contributed by atoms with E-state index in [9.17, 15) is 4.39 Å². The van der Waals surface area contributed by atoms with Crippen molar-refractivity contribution in [2.24, 2.45) is 0 Å². The fourth-order valence-electron chi connectivity index (χ4n) is 1.79. The smallest absolute Gasteiger partial charge is 0.169 e. The molecule has 0 aliphatic carbocycles. The molecule has 5 N–H and O–H groups in total. The Bertz CT molecular complexity index is 612. The number of rotatable bonds is 3. The molecule has 1 atom stereocenters. The van der Waals surface area contributed by atoms with E-state index in [1.54, 1.807) is 0 Å². The average molecular weight is 284 g/mol. The van der Waals surface area contributed by atoms with Gasteiger partial charge in [0, 0.05) is 0 Å². The van der Waals surface area contributed by atoms with Crippen LogP contribution in [0.2, 0.25) is 5.02 Å². The molecule has 0 saturated heterocycles. The second-order valence-electron chi connectivity index (χ2n) is 4.37. The molecule has 0 bridgehead atoms. The van der Waals surface area contributed by atoms with Crippen LogP contribution >= 0.6 is 11.6 Å². The fraction of sp³-hybridized carbons (Fsp3) is 0.231. The lowest BCUT2D eigenvalue weighted by Crippen LogP contribution is -2.10. The van der Waals surface area contributed by atoms with Crippen LogP contribution in [-0.2, 0) is 0 Å².